The Morgan fingerprint density at radius 3 is 2.87 bits per heavy atom. The quantitative estimate of drug-likeness (QED) is 0.414. The van der Waals surface area contributed by atoms with Gasteiger partial charge in [0.2, 0.25) is 0 Å². The second kappa shape index (κ2) is 8.91. The molecule has 3 heterocycles. The average molecular weight is 458 g/mol. The smallest absolute Gasteiger partial charge is 0.280 e. The van der Waals surface area contributed by atoms with Crippen molar-refractivity contribution >= 4 is 34.0 Å². The molecule has 1 amide bonds. The largest absolute Gasteiger partial charge is 0.487 e. The summed E-state index contributed by atoms with van der Waals surface area (Å²) in [5.74, 6) is 0.597. The number of anilines is 1. The van der Waals surface area contributed by atoms with Crippen molar-refractivity contribution in [1.29, 1.82) is 0 Å². The van der Waals surface area contributed by atoms with Crippen molar-refractivity contribution in [3.05, 3.63) is 63.6 Å². The molecule has 0 radical (unpaired) electrons. The van der Waals surface area contributed by atoms with Crippen LogP contribution < -0.4 is 10.1 Å². The first-order valence-corrected chi connectivity index (χ1v) is 10.9. The van der Waals surface area contributed by atoms with Gasteiger partial charge in [0, 0.05) is 23.2 Å². The number of amides is 1. The van der Waals surface area contributed by atoms with Crippen LogP contribution in [0.5, 0.6) is 5.75 Å². The van der Waals surface area contributed by atoms with Gasteiger partial charge in [0.05, 0.1) is 22.5 Å². The first kappa shape index (κ1) is 21.1. The number of para-hydroxylation sites is 1. The maximum Gasteiger partial charge on any atom is 0.280 e. The van der Waals surface area contributed by atoms with Gasteiger partial charge in [0.25, 0.3) is 5.91 Å². The van der Waals surface area contributed by atoms with E-state index < -0.39 is 5.91 Å². The fraction of sp³-hybridized carbons (Fsp3) is 0.238. The second-order valence-corrected chi connectivity index (χ2v) is 8.00. The van der Waals surface area contributed by atoms with E-state index in [1.807, 2.05) is 36.0 Å². The molecule has 0 aliphatic rings. The number of nitrogens with zero attached hydrogens (tertiary/aromatic N) is 4. The molecule has 10 heteroatoms. The van der Waals surface area contributed by atoms with E-state index in [0.717, 1.165) is 23.5 Å². The van der Waals surface area contributed by atoms with Gasteiger partial charge in [-0.1, -0.05) is 28.9 Å². The highest BCUT2D eigenvalue weighted by atomic mass is 35.5. The first-order chi connectivity index (χ1) is 15.0. The van der Waals surface area contributed by atoms with Crippen molar-refractivity contribution in [3.8, 4) is 17.0 Å². The van der Waals surface area contributed by atoms with E-state index in [-0.39, 0.29) is 12.3 Å². The lowest BCUT2D eigenvalue weighted by Gasteiger charge is -2.08. The Hall–Kier alpha value is -3.17. The lowest BCUT2D eigenvalue weighted by molar-refractivity contribution is 0.101. The molecule has 4 aromatic rings. The molecule has 0 saturated heterocycles. The molecule has 8 nitrogen and oxygen atoms in total. The highest BCUT2D eigenvalue weighted by Gasteiger charge is 2.22. The summed E-state index contributed by atoms with van der Waals surface area (Å²) in [6.45, 7) is 6.63. The molecule has 0 atom stereocenters. The molecule has 0 aliphatic heterocycles. The summed E-state index contributed by atoms with van der Waals surface area (Å²) >= 11 is 7.46. The van der Waals surface area contributed by atoms with Gasteiger partial charge in [0.15, 0.2) is 10.8 Å². The zero-order chi connectivity index (χ0) is 22.0. The van der Waals surface area contributed by atoms with Gasteiger partial charge in [-0.15, -0.1) is 11.3 Å². The summed E-state index contributed by atoms with van der Waals surface area (Å²) in [7, 11) is 0. The molecule has 3 aromatic heterocycles. The van der Waals surface area contributed by atoms with Crippen LogP contribution in [0.1, 0.15) is 34.4 Å². The molecule has 160 valence electrons. The lowest BCUT2D eigenvalue weighted by Crippen LogP contribution is -2.15. The molecule has 0 bridgehead atoms. The van der Waals surface area contributed by atoms with Crippen molar-refractivity contribution in [2.45, 2.75) is 33.9 Å². The Morgan fingerprint density at radius 1 is 1.32 bits per heavy atom. The number of aryl methyl sites for hydroxylation is 2. The van der Waals surface area contributed by atoms with Crippen molar-refractivity contribution in [3.63, 3.8) is 0 Å². The SMILES string of the molecule is CCn1ncc(-c2csc(NC(=O)c3noc(C)c3COc3ccccc3Cl)n2)c1C. The van der Waals surface area contributed by atoms with Gasteiger partial charge < -0.3 is 9.26 Å². The number of benzene rings is 1. The molecule has 0 spiro atoms. The maximum absolute atomic E-state index is 12.8. The standard InChI is InChI=1S/C21H20ClN5O3S/c1-4-27-12(2)14(9-23-27)17-11-31-21(24-17)25-20(28)19-15(13(3)30-26-19)10-29-18-8-6-5-7-16(18)22/h5-9,11H,4,10H2,1-3H3,(H,24,25,28). The minimum Gasteiger partial charge on any atom is -0.487 e. The molecular formula is C21H20ClN5O3S. The summed E-state index contributed by atoms with van der Waals surface area (Å²) in [5.41, 5.74) is 3.42. The van der Waals surface area contributed by atoms with Crippen molar-refractivity contribution in [2.24, 2.45) is 0 Å². The minimum absolute atomic E-state index is 0.0976. The van der Waals surface area contributed by atoms with Crippen LogP contribution in [0.2, 0.25) is 5.02 Å². The van der Waals surface area contributed by atoms with Crippen molar-refractivity contribution in [2.75, 3.05) is 5.32 Å². The van der Waals surface area contributed by atoms with Gasteiger partial charge in [-0.2, -0.15) is 5.10 Å². The monoisotopic (exact) mass is 457 g/mol. The zero-order valence-corrected chi connectivity index (χ0v) is 18.8. The van der Waals surface area contributed by atoms with Crippen LogP contribution >= 0.6 is 22.9 Å². The highest BCUT2D eigenvalue weighted by molar-refractivity contribution is 7.14. The molecule has 0 aliphatic carbocycles. The number of thiazole rings is 1. The zero-order valence-electron chi connectivity index (χ0n) is 17.2. The molecule has 0 fully saturated rings. The van der Waals surface area contributed by atoms with Crippen LogP contribution in [0.4, 0.5) is 5.13 Å². The third kappa shape index (κ3) is 4.33. The van der Waals surface area contributed by atoms with Gasteiger partial charge in [-0.05, 0) is 32.9 Å². The number of halogens is 1. The van der Waals surface area contributed by atoms with E-state index in [1.165, 1.54) is 11.3 Å². The van der Waals surface area contributed by atoms with Gasteiger partial charge in [-0.25, -0.2) is 4.98 Å². The molecule has 4 rings (SSSR count). The fourth-order valence-corrected chi connectivity index (χ4v) is 3.98. The minimum atomic E-state index is -0.420. The summed E-state index contributed by atoms with van der Waals surface area (Å²) in [4.78, 5) is 17.3. The number of nitrogens with one attached hydrogen (secondary N) is 1. The fourth-order valence-electron chi connectivity index (χ4n) is 3.08. The number of hydrogen-bond donors (Lipinski definition) is 1. The normalized spacial score (nSPS) is 11.0. The number of carbonyl (C=O) groups excluding carboxylic acids is 1. The van der Waals surface area contributed by atoms with Gasteiger partial charge in [0.1, 0.15) is 18.1 Å². The first-order valence-electron chi connectivity index (χ1n) is 9.60. The summed E-state index contributed by atoms with van der Waals surface area (Å²) in [6.07, 6.45) is 1.78. The van der Waals surface area contributed by atoms with Crippen LogP contribution in [0.3, 0.4) is 0 Å². The molecule has 31 heavy (non-hydrogen) atoms. The predicted molar refractivity (Wildman–Crippen MR) is 119 cm³/mol. The topological polar surface area (TPSA) is 95.1 Å². The average Bonchev–Trinajstić information content (AvgIpc) is 3.46. The van der Waals surface area contributed by atoms with Crippen LogP contribution in [-0.2, 0) is 13.2 Å². The van der Waals surface area contributed by atoms with E-state index in [4.69, 9.17) is 20.9 Å². The molecular weight excluding hydrogens is 438 g/mol. The molecule has 1 N–H and O–H groups in total. The summed E-state index contributed by atoms with van der Waals surface area (Å²) in [6, 6.07) is 7.12. The number of rotatable bonds is 7. The lowest BCUT2D eigenvalue weighted by atomic mass is 10.2. The Morgan fingerprint density at radius 2 is 2.13 bits per heavy atom. The van der Waals surface area contributed by atoms with E-state index in [9.17, 15) is 4.79 Å². The highest BCUT2D eigenvalue weighted by Crippen LogP contribution is 2.28. The van der Waals surface area contributed by atoms with E-state index in [0.29, 0.717) is 27.2 Å². The van der Waals surface area contributed by atoms with Gasteiger partial charge in [-0.3, -0.25) is 14.8 Å². The Labute approximate surface area is 187 Å². The Bertz CT molecular complexity index is 1230. The van der Waals surface area contributed by atoms with E-state index >= 15 is 0 Å². The van der Waals surface area contributed by atoms with E-state index in [2.05, 4.69) is 20.6 Å². The molecule has 1 aromatic carbocycles. The number of hydrogen-bond acceptors (Lipinski definition) is 7. The van der Waals surface area contributed by atoms with Crippen LogP contribution in [0.25, 0.3) is 11.3 Å². The van der Waals surface area contributed by atoms with Crippen molar-refractivity contribution < 1.29 is 14.1 Å². The third-order valence-electron chi connectivity index (χ3n) is 4.81. The number of ether oxygens (including phenoxy) is 1. The molecule has 0 saturated carbocycles. The Balaban J connectivity index is 1.49. The van der Waals surface area contributed by atoms with Gasteiger partial charge >= 0.3 is 0 Å². The van der Waals surface area contributed by atoms with E-state index in [1.54, 1.807) is 25.3 Å². The maximum atomic E-state index is 12.8. The van der Waals surface area contributed by atoms with Crippen LogP contribution in [-0.4, -0.2) is 25.8 Å². The Kier molecular flexibility index (Phi) is 6.06. The van der Waals surface area contributed by atoms with Crippen LogP contribution in [0, 0.1) is 13.8 Å². The van der Waals surface area contributed by atoms with Crippen LogP contribution in [0.15, 0.2) is 40.4 Å². The summed E-state index contributed by atoms with van der Waals surface area (Å²) < 4.78 is 12.9. The third-order valence-corrected chi connectivity index (χ3v) is 5.88. The molecule has 0 unspecified atom stereocenters. The van der Waals surface area contributed by atoms with Crippen molar-refractivity contribution in [1.82, 2.24) is 19.9 Å². The summed E-state index contributed by atoms with van der Waals surface area (Å²) in [5, 5.41) is 13.9. The predicted octanol–water partition coefficient (Wildman–Crippen LogP) is 5.12. The number of aromatic nitrogens is 4. The number of carbonyl (C=O) groups is 1. The second-order valence-electron chi connectivity index (χ2n) is 6.74.